The van der Waals surface area contributed by atoms with Gasteiger partial charge in [0.15, 0.2) is 0 Å². The van der Waals surface area contributed by atoms with Crippen LogP contribution in [0.5, 0.6) is 0 Å². The van der Waals surface area contributed by atoms with E-state index in [4.69, 9.17) is 0 Å². The van der Waals surface area contributed by atoms with E-state index < -0.39 is 0 Å². The second kappa shape index (κ2) is 4.84. The largest absolute Gasteiger partial charge is 0.325 e. The summed E-state index contributed by atoms with van der Waals surface area (Å²) in [5, 5.41) is 3.45. The molecule has 1 aromatic carbocycles. The molecule has 94 valence electrons. The minimum atomic E-state index is 0.624. The maximum atomic E-state index is 4.45. The van der Waals surface area contributed by atoms with Crippen LogP contribution in [0.4, 0.5) is 11.6 Å². The molecule has 3 heteroatoms. The van der Waals surface area contributed by atoms with Gasteiger partial charge in [-0.3, -0.25) is 0 Å². The molecule has 0 aliphatic heterocycles. The quantitative estimate of drug-likeness (QED) is 0.878. The minimum Gasteiger partial charge on any atom is -0.325 e. The van der Waals surface area contributed by atoms with Crippen molar-refractivity contribution in [2.24, 2.45) is 0 Å². The predicted octanol–water partition coefficient (Wildman–Crippen LogP) is 4.05. The van der Waals surface area contributed by atoms with Gasteiger partial charge in [-0.15, -0.1) is 0 Å². The second-order valence-electron chi connectivity index (χ2n) is 5.04. The highest BCUT2D eigenvalue weighted by molar-refractivity contribution is 5.58. The summed E-state index contributed by atoms with van der Waals surface area (Å²) in [5.41, 5.74) is 2.39. The number of rotatable bonds is 3. The molecule has 0 radical (unpaired) electrons. The van der Waals surface area contributed by atoms with Crippen LogP contribution >= 0.6 is 0 Å². The SMILES string of the molecule is Cc1ccccc1Nc1nccn1C1CCCC1. The van der Waals surface area contributed by atoms with Crippen molar-refractivity contribution in [3.05, 3.63) is 42.2 Å². The van der Waals surface area contributed by atoms with Crippen LogP contribution in [0.3, 0.4) is 0 Å². The van der Waals surface area contributed by atoms with Gasteiger partial charge in [-0.1, -0.05) is 31.0 Å². The zero-order chi connectivity index (χ0) is 12.4. The third kappa shape index (κ3) is 2.13. The van der Waals surface area contributed by atoms with Gasteiger partial charge < -0.3 is 9.88 Å². The first-order chi connectivity index (χ1) is 8.84. The van der Waals surface area contributed by atoms with Gasteiger partial charge in [0.25, 0.3) is 0 Å². The zero-order valence-corrected chi connectivity index (χ0v) is 10.8. The summed E-state index contributed by atoms with van der Waals surface area (Å²) in [7, 11) is 0. The maximum Gasteiger partial charge on any atom is 0.207 e. The molecule has 2 aromatic rings. The highest BCUT2D eigenvalue weighted by atomic mass is 15.2. The lowest BCUT2D eigenvalue weighted by molar-refractivity contribution is 0.525. The smallest absolute Gasteiger partial charge is 0.207 e. The Hall–Kier alpha value is -1.77. The Morgan fingerprint density at radius 3 is 2.78 bits per heavy atom. The van der Waals surface area contributed by atoms with Gasteiger partial charge >= 0.3 is 0 Å². The van der Waals surface area contributed by atoms with Gasteiger partial charge in [0, 0.05) is 24.1 Å². The average Bonchev–Trinajstić information content (AvgIpc) is 3.02. The van der Waals surface area contributed by atoms with Crippen molar-refractivity contribution in [3.8, 4) is 0 Å². The van der Waals surface area contributed by atoms with Crippen molar-refractivity contribution in [1.29, 1.82) is 0 Å². The summed E-state index contributed by atoms with van der Waals surface area (Å²) in [5.74, 6) is 0.969. The fourth-order valence-corrected chi connectivity index (χ4v) is 2.72. The average molecular weight is 241 g/mol. The van der Waals surface area contributed by atoms with Crippen LogP contribution < -0.4 is 5.32 Å². The van der Waals surface area contributed by atoms with Crippen molar-refractivity contribution < 1.29 is 0 Å². The Bertz CT molecular complexity index is 524. The van der Waals surface area contributed by atoms with Crippen LogP contribution in [-0.4, -0.2) is 9.55 Å². The lowest BCUT2D eigenvalue weighted by Gasteiger charge is -2.16. The zero-order valence-electron chi connectivity index (χ0n) is 10.8. The van der Waals surface area contributed by atoms with Crippen molar-refractivity contribution in [2.75, 3.05) is 5.32 Å². The number of hydrogen-bond donors (Lipinski definition) is 1. The van der Waals surface area contributed by atoms with E-state index in [1.54, 1.807) is 0 Å². The van der Waals surface area contributed by atoms with E-state index in [0.717, 1.165) is 11.6 Å². The molecule has 0 saturated heterocycles. The lowest BCUT2D eigenvalue weighted by atomic mass is 10.2. The van der Waals surface area contributed by atoms with Gasteiger partial charge in [-0.25, -0.2) is 4.98 Å². The van der Waals surface area contributed by atoms with E-state index in [1.807, 2.05) is 6.20 Å². The van der Waals surface area contributed by atoms with Crippen LogP contribution in [0.15, 0.2) is 36.7 Å². The first-order valence-electron chi connectivity index (χ1n) is 6.70. The molecule has 3 rings (SSSR count). The van der Waals surface area contributed by atoms with E-state index >= 15 is 0 Å². The van der Waals surface area contributed by atoms with Crippen molar-refractivity contribution in [3.63, 3.8) is 0 Å². The molecule has 0 bridgehead atoms. The molecule has 1 saturated carbocycles. The van der Waals surface area contributed by atoms with Gasteiger partial charge in [0.2, 0.25) is 5.95 Å². The molecule has 0 amide bonds. The molecule has 0 atom stereocenters. The molecule has 1 fully saturated rings. The number of benzene rings is 1. The summed E-state index contributed by atoms with van der Waals surface area (Å²) in [6.07, 6.45) is 9.21. The Morgan fingerprint density at radius 1 is 1.22 bits per heavy atom. The number of imidazole rings is 1. The number of nitrogens with zero attached hydrogens (tertiary/aromatic N) is 2. The summed E-state index contributed by atoms with van der Waals surface area (Å²) in [4.78, 5) is 4.45. The highest BCUT2D eigenvalue weighted by Gasteiger charge is 2.19. The van der Waals surface area contributed by atoms with Crippen molar-refractivity contribution in [1.82, 2.24) is 9.55 Å². The second-order valence-corrected chi connectivity index (χ2v) is 5.04. The van der Waals surface area contributed by atoms with E-state index in [-0.39, 0.29) is 0 Å². The molecular formula is C15H19N3. The summed E-state index contributed by atoms with van der Waals surface area (Å²) < 4.78 is 2.29. The fourth-order valence-electron chi connectivity index (χ4n) is 2.72. The van der Waals surface area contributed by atoms with E-state index in [0.29, 0.717) is 6.04 Å². The topological polar surface area (TPSA) is 29.9 Å². The summed E-state index contributed by atoms with van der Waals surface area (Å²) >= 11 is 0. The molecular weight excluding hydrogens is 222 g/mol. The maximum absolute atomic E-state index is 4.45. The number of anilines is 2. The number of hydrogen-bond acceptors (Lipinski definition) is 2. The molecule has 1 aromatic heterocycles. The first-order valence-corrected chi connectivity index (χ1v) is 6.70. The molecule has 1 aliphatic rings. The van der Waals surface area contributed by atoms with Crippen LogP contribution in [0.1, 0.15) is 37.3 Å². The van der Waals surface area contributed by atoms with Gasteiger partial charge in [0.05, 0.1) is 0 Å². The van der Waals surface area contributed by atoms with Crippen LogP contribution in [0.2, 0.25) is 0 Å². The molecule has 1 aliphatic carbocycles. The summed E-state index contributed by atoms with van der Waals surface area (Å²) in [6, 6.07) is 8.95. The standard InChI is InChI=1S/C15H19N3/c1-12-6-2-5-9-14(12)17-15-16-10-11-18(15)13-7-3-4-8-13/h2,5-6,9-11,13H,3-4,7-8H2,1H3,(H,16,17). The molecule has 0 spiro atoms. The molecule has 3 nitrogen and oxygen atoms in total. The van der Waals surface area contributed by atoms with Gasteiger partial charge in [-0.05, 0) is 31.4 Å². The number of aromatic nitrogens is 2. The van der Waals surface area contributed by atoms with Crippen LogP contribution in [0, 0.1) is 6.92 Å². The molecule has 1 heterocycles. The van der Waals surface area contributed by atoms with Crippen molar-refractivity contribution >= 4 is 11.6 Å². The molecule has 0 unspecified atom stereocenters. The highest BCUT2D eigenvalue weighted by Crippen LogP contribution is 2.32. The van der Waals surface area contributed by atoms with Gasteiger partial charge in [-0.2, -0.15) is 0 Å². The third-order valence-electron chi connectivity index (χ3n) is 3.78. The number of para-hydroxylation sites is 1. The van der Waals surface area contributed by atoms with Gasteiger partial charge in [0.1, 0.15) is 0 Å². The van der Waals surface area contributed by atoms with E-state index in [2.05, 4.69) is 52.3 Å². The molecule has 18 heavy (non-hydrogen) atoms. The Balaban J connectivity index is 1.85. The normalized spacial score (nSPS) is 16.1. The predicted molar refractivity (Wildman–Crippen MR) is 74.2 cm³/mol. The first kappa shape index (κ1) is 11.3. The Morgan fingerprint density at radius 2 is 2.00 bits per heavy atom. The third-order valence-corrected chi connectivity index (χ3v) is 3.78. The van der Waals surface area contributed by atoms with Crippen LogP contribution in [0.25, 0.3) is 0 Å². The van der Waals surface area contributed by atoms with E-state index in [1.165, 1.54) is 31.2 Å². The fraction of sp³-hybridized carbons (Fsp3) is 0.400. The monoisotopic (exact) mass is 241 g/mol. The number of nitrogens with one attached hydrogen (secondary N) is 1. The Labute approximate surface area is 108 Å². The minimum absolute atomic E-state index is 0.624. The Kier molecular flexibility index (Phi) is 3.05. The summed E-state index contributed by atoms with van der Waals surface area (Å²) in [6.45, 7) is 2.12. The molecule has 1 N–H and O–H groups in total. The van der Waals surface area contributed by atoms with Crippen molar-refractivity contribution in [2.45, 2.75) is 38.6 Å². The van der Waals surface area contributed by atoms with Crippen LogP contribution in [-0.2, 0) is 0 Å². The lowest BCUT2D eigenvalue weighted by Crippen LogP contribution is -2.08. The van der Waals surface area contributed by atoms with E-state index in [9.17, 15) is 0 Å². The number of aryl methyl sites for hydroxylation is 1.